The Morgan fingerprint density at radius 3 is 3.00 bits per heavy atom. The lowest BCUT2D eigenvalue weighted by Gasteiger charge is -2.31. The standard InChI is InChI=1S/C13H15N3O/c1-10(17)16-6-2-3-12(9-16)13-5-4-11(7-14)8-15-13/h4-5,8,12H,2-3,6,9H2,1H3. The number of carbonyl (C=O) groups is 1. The minimum atomic E-state index is 0.128. The number of nitrogens with zero attached hydrogens (tertiary/aromatic N) is 3. The molecule has 17 heavy (non-hydrogen) atoms. The summed E-state index contributed by atoms with van der Waals surface area (Å²) in [5.41, 5.74) is 1.56. The molecule has 0 aliphatic carbocycles. The summed E-state index contributed by atoms with van der Waals surface area (Å²) in [5.74, 6) is 0.434. The smallest absolute Gasteiger partial charge is 0.219 e. The van der Waals surface area contributed by atoms with E-state index >= 15 is 0 Å². The molecular weight excluding hydrogens is 214 g/mol. The number of hydrogen-bond acceptors (Lipinski definition) is 3. The molecule has 1 aliphatic rings. The minimum Gasteiger partial charge on any atom is -0.342 e. The molecule has 2 heterocycles. The molecule has 4 heteroatoms. The van der Waals surface area contributed by atoms with Gasteiger partial charge < -0.3 is 4.90 Å². The van der Waals surface area contributed by atoms with Gasteiger partial charge in [0, 0.05) is 37.8 Å². The van der Waals surface area contributed by atoms with E-state index in [-0.39, 0.29) is 5.91 Å². The lowest BCUT2D eigenvalue weighted by atomic mass is 9.94. The first-order valence-electron chi connectivity index (χ1n) is 5.82. The molecule has 1 saturated heterocycles. The highest BCUT2D eigenvalue weighted by molar-refractivity contribution is 5.73. The monoisotopic (exact) mass is 229 g/mol. The molecule has 1 atom stereocenters. The lowest BCUT2D eigenvalue weighted by Crippen LogP contribution is -2.37. The number of pyridine rings is 1. The van der Waals surface area contributed by atoms with Crippen LogP contribution in [0.4, 0.5) is 0 Å². The normalized spacial score (nSPS) is 19.8. The summed E-state index contributed by atoms with van der Waals surface area (Å²) >= 11 is 0. The average molecular weight is 229 g/mol. The molecule has 4 nitrogen and oxygen atoms in total. The maximum Gasteiger partial charge on any atom is 0.219 e. The van der Waals surface area contributed by atoms with E-state index in [2.05, 4.69) is 11.1 Å². The first kappa shape index (κ1) is 11.6. The number of rotatable bonds is 1. The Morgan fingerprint density at radius 1 is 1.59 bits per heavy atom. The predicted octanol–water partition coefficient (Wildman–Crippen LogP) is 1.68. The Morgan fingerprint density at radius 2 is 2.41 bits per heavy atom. The highest BCUT2D eigenvalue weighted by Crippen LogP contribution is 2.25. The fourth-order valence-corrected chi connectivity index (χ4v) is 2.22. The van der Waals surface area contributed by atoms with Crippen molar-refractivity contribution in [3.8, 4) is 6.07 Å². The zero-order chi connectivity index (χ0) is 12.3. The van der Waals surface area contributed by atoms with Gasteiger partial charge in [0.15, 0.2) is 0 Å². The van der Waals surface area contributed by atoms with Crippen molar-refractivity contribution in [1.29, 1.82) is 5.26 Å². The van der Waals surface area contributed by atoms with E-state index in [1.807, 2.05) is 11.0 Å². The number of likely N-dealkylation sites (tertiary alicyclic amines) is 1. The number of carbonyl (C=O) groups excluding carboxylic acids is 1. The fraction of sp³-hybridized carbons (Fsp3) is 0.462. The van der Waals surface area contributed by atoms with E-state index in [9.17, 15) is 4.79 Å². The average Bonchev–Trinajstić information content (AvgIpc) is 2.39. The van der Waals surface area contributed by atoms with Crippen molar-refractivity contribution < 1.29 is 4.79 Å². The second-order valence-electron chi connectivity index (χ2n) is 4.39. The molecule has 1 unspecified atom stereocenters. The van der Waals surface area contributed by atoms with Crippen molar-refractivity contribution in [2.75, 3.05) is 13.1 Å². The fourth-order valence-electron chi connectivity index (χ4n) is 2.22. The van der Waals surface area contributed by atoms with E-state index in [0.29, 0.717) is 11.5 Å². The summed E-state index contributed by atoms with van der Waals surface area (Å²) in [6.45, 7) is 3.20. The summed E-state index contributed by atoms with van der Waals surface area (Å²) in [5, 5.41) is 8.71. The molecule has 0 aromatic carbocycles. The third kappa shape index (κ3) is 2.62. The van der Waals surface area contributed by atoms with Crippen molar-refractivity contribution in [3.63, 3.8) is 0 Å². The highest BCUT2D eigenvalue weighted by Gasteiger charge is 2.23. The van der Waals surface area contributed by atoms with E-state index in [1.165, 1.54) is 0 Å². The van der Waals surface area contributed by atoms with E-state index in [0.717, 1.165) is 31.6 Å². The third-order valence-corrected chi connectivity index (χ3v) is 3.20. The molecular formula is C13H15N3O. The molecule has 1 aliphatic heterocycles. The van der Waals surface area contributed by atoms with Gasteiger partial charge in [-0.15, -0.1) is 0 Å². The molecule has 0 bridgehead atoms. The summed E-state index contributed by atoms with van der Waals surface area (Å²) < 4.78 is 0. The van der Waals surface area contributed by atoms with Crippen LogP contribution < -0.4 is 0 Å². The molecule has 1 aromatic heterocycles. The Balaban J connectivity index is 2.11. The number of aromatic nitrogens is 1. The largest absolute Gasteiger partial charge is 0.342 e. The summed E-state index contributed by atoms with van der Waals surface area (Å²) in [7, 11) is 0. The van der Waals surface area contributed by atoms with Gasteiger partial charge in [-0.1, -0.05) is 0 Å². The van der Waals surface area contributed by atoms with Gasteiger partial charge in [0.05, 0.1) is 5.56 Å². The van der Waals surface area contributed by atoms with Crippen molar-refractivity contribution in [3.05, 3.63) is 29.6 Å². The van der Waals surface area contributed by atoms with Crippen LogP contribution in [0.2, 0.25) is 0 Å². The van der Waals surface area contributed by atoms with Gasteiger partial charge in [-0.25, -0.2) is 0 Å². The number of hydrogen-bond donors (Lipinski definition) is 0. The highest BCUT2D eigenvalue weighted by atomic mass is 16.2. The van der Waals surface area contributed by atoms with Crippen LogP contribution in [0.5, 0.6) is 0 Å². The van der Waals surface area contributed by atoms with Crippen LogP contribution in [-0.2, 0) is 4.79 Å². The quantitative estimate of drug-likeness (QED) is 0.736. The molecule has 1 aromatic rings. The topological polar surface area (TPSA) is 57.0 Å². The molecule has 0 radical (unpaired) electrons. The van der Waals surface area contributed by atoms with Crippen molar-refractivity contribution in [2.24, 2.45) is 0 Å². The van der Waals surface area contributed by atoms with E-state index in [1.54, 1.807) is 19.2 Å². The zero-order valence-corrected chi connectivity index (χ0v) is 9.89. The van der Waals surface area contributed by atoms with Crippen molar-refractivity contribution in [2.45, 2.75) is 25.7 Å². The third-order valence-electron chi connectivity index (χ3n) is 3.20. The van der Waals surface area contributed by atoms with Crippen molar-refractivity contribution in [1.82, 2.24) is 9.88 Å². The summed E-state index contributed by atoms with van der Waals surface area (Å²) in [4.78, 5) is 17.5. The van der Waals surface area contributed by atoms with E-state index in [4.69, 9.17) is 5.26 Å². The summed E-state index contributed by atoms with van der Waals surface area (Å²) in [6.07, 6.45) is 3.68. The zero-order valence-electron chi connectivity index (χ0n) is 9.89. The van der Waals surface area contributed by atoms with E-state index < -0.39 is 0 Å². The van der Waals surface area contributed by atoms with Gasteiger partial charge in [0.25, 0.3) is 0 Å². The van der Waals surface area contributed by atoms with Crippen molar-refractivity contribution >= 4 is 5.91 Å². The van der Waals surface area contributed by atoms with Gasteiger partial charge in [-0.05, 0) is 25.0 Å². The van der Waals surface area contributed by atoms with Crippen LogP contribution in [0.1, 0.15) is 36.9 Å². The number of amides is 1. The molecule has 0 spiro atoms. The molecule has 88 valence electrons. The number of piperidine rings is 1. The van der Waals surface area contributed by atoms with Gasteiger partial charge in [0.1, 0.15) is 6.07 Å². The first-order chi connectivity index (χ1) is 8.20. The summed E-state index contributed by atoms with van der Waals surface area (Å²) in [6, 6.07) is 5.74. The molecule has 1 amide bonds. The molecule has 0 N–H and O–H groups in total. The number of nitriles is 1. The second kappa shape index (κ2) is 4.96. The minimum absolute atomic E-state index is 0.128. The van der Waals surface area contributed by atoms with Gasteiger partial charge in [-0.2, -0.15) is 5.26 Å². The van der Waals surface area contributed by atoms with Gasteiger partial charge in [0.2, 0.25) is 5.91 Å². The van der Waals surface area contributed by atoms with Crippen LogP contribution in [0.15, 0.2) is 18.3 Å². The first-order valence-corrected chi connectivity index (χ1v) is 5.82. The van der Waals surface area contributed by atoms with Crippen LogP contribution in [0.3, 0.4) is 0 Å². The SMILES string of the molecule is CC(=O)N1CCCC(c2ccc(C#N)cn2)C1. The maximum atomic E-state index is 11.3. The van der Waals surface area contributed by atoms with Crippen LogP contribution in [0.25, 0.3) is 0 Å². The molecule has 1 fully saturated rings. The van der Waals surface area contributed by atoms with Crippen LogP contribution in [-0.4, -0.2) is 28.9 Å². The van der Waals surface area contributed by atoms with Crippen LogP contribution in [0, 0.1) is 11.3 Å². The van der Waals surface area contributed by atoms with Gasteiger partial charge >= 0.3 is 0 Å². The molecule has 0 saturated carbocycles. The maximum absolute atomic E-state index is 11.3. The van der Waals surface area contributed by atoms with Gasteiger partial charge in [-0.3, -0.25) is 9.78 Å². The predicted molar refractivity (Wildman–Crippen MR) is 63.2 cm³/mol. The molecule has 2 rings (SSSR count). The Hall–Kier alpha value is -1.89. The lowest BCUT2D eigenvalue weighted by molar-refractivity contribution is -0.130. The Bertz CT molecular complexity index is 447. The Labute approximate surface area is 101 Å². The van der Waals surface area contributed by atoms with Crippen LogP contribution >= 0.6 is 0 Å². The Kier molecular flexibility index (Phi) is 3.38. The second-order valence-corrected chi connectivity index (χ2v) is 4.39.